The van der Waals surface area contributed by atoms with Gasteiger partial charge in [-0.2, -0.15) is 0 Å². The molecule has 0 aliphatic heterocycles. The standard InChI is InChI=1S/C28H48O4/c1-6-19-23-15-18(16-32-5)11-13-28(23,4)22-12-14-27(3)20(17(2)7-10-24(29)30)8-9-21(27)25(22)26(19)31/h17-23,25-26,31H,6-16H2,1-5H3,(H,29,30)/t17-,18?,19-,20-,21+,22+,23+,25+,26-,27-,28-/m1/s1. The van der Waals surface area contributed by atoms with Gasteiger partial charge in [0.1, 0.15) is 0 Å². The van der Waals surface area contributed by atoms with E-state index in [9.17, 15) is 15.0 Å². The van der Waals surface area contributed by atoms with Crippen LogP contribution in [-0.2, 0) is 9.53 Å². The van der Waals surface area contributed by atoms with E-state index in [0.717, 1.165) is 19.4 Å². The average molecular weight is 449 g/mol. The van der Waals surface area contributed by atoms with Crippen molar-refractivity contribution in [1.29, 1.82) is 0 Å². The van der Waals surface area contributed by atoms with Crippen molar-refractivity contribution in [1.82, 2.24) is 0 Å². The third-order valence-electron chi connectivity index (χ3n) is 11.5. The van der Waals surface area contributed by atoms with Crippen molar-refractivity contribution in [2.45, 2.75) is 98.0 Å². The van der Waals surface area contributed by atoms with Gasteiger partial charge in [-0.25, -0.2) is 0 Å². The molecule has 4 nitrogen and oxygen atoms in total. The number of aliphatic hydroxyl groups is 1. The van der Waals surface area contributed by atoms with E-state index in [1.54, 1.807) is 0 Å². The first-order valence-corrected chi connectivity index (χ1v) is 13.6. The largest absolute Gasteiger partial charge is 0.481 e. The summed E-state index contributed by atoms with van der Waals surface area (Å²) in [6.07, 6.45) is 10.7. The topological polar surface area (TPSA) is 66.8 Å². The molecule has 0 heterocycles. The summed E-state index contributed by atoms with van der Waals surface area (Å²) in [6, 6.07) is 0. The fourth-order valence-electron chi connectivity index (χ4n) is 9.98. The molecule has 0 aromatic carbocycles. The molecular formula is C28H48O4. The van der Waals surface area contributed by atoms with E-state index in [1.165, 1.54) is 44.9 Å². The molecule has 2 N–H and O–H groups in total. The van der Waals surface area contributed by atoms with Gasteiger partial charge in [-0.1, -0.05) is 34.1 Å². The number of fused-ring (bicyclic) bond motifs is 5. The Kier molecular flexibility index (Phi) is 7.05. The van der Waals surface area contributed by atoms with Crippen LogP contribution in [0.4, 0.5) is 0 Å². The first-order chi connectivity index (χ1) is 15.2. The second-order valence-electron chi connectivity index (χ2n) is 12.7. The van der Waals surface area contributed by atoms with Crippen LogP contribution in [0.1, 0.15) is 91.9 Å². The second-order valence-corrected chi connectivity index (χ2v) is 12.7. The minimum atomic E-state index is -0.670. The molecule has 0 aromatic heterocycles. The molecule has 4 rings (SSSR count). The predicted molar refractivity (Wildman–Crippen MR) is 127 cm³/mol. The minimum Gasteiger partial charge on any atom is -0.481 e. The highest BCUT2D eigenvalue weighted by Crippen LogP contribution is 2.69. The number of carboxylic acid groups (broad SMARTS) is 1. The number of carboxylic acids is 1. The lowest BCUT2D eigenvalue weighted by Crippen LogP contribution is -2.62. The Bertz CT molecular complexity index is 678. The lowest BCUT2D eigenvalue weighted by Gasteiger charge is -2.65. The Labute approximate surface area is 195 Å². The Hall–Kier alpha value is -0.610. The van der Waals surface area contributed by atoms with E-state index in [-0.39, 0.29) is 17.9 Å². The molecule has 0 aromatic rings. The predicted octanol–water partition coefficient (Wildman–Crippen LogP) is 6.02. The summed E-state index contributed by atoms with van der Waals surface area (Å²) >= 11 is 0. The number of ether oxygens (including phenoxy) is 1. The highest BCUT2D eigenvalue weighted by atomic mass is 16.5. The number of hydrogen-bond donors (Lipinski definition) is 2. The van der Waals surface area contributed by atoms with Crippen LogP contribution in [0.15, 0.2) is 0 Å². The van der Waals surface area contributed by atoms with Gasteiger partial charge in [-0.05, 0) is 110 Å². The van der Waals surface area contributed by atoms with Crippen molar-refractivity contribution in [3.63, 3.8) is 0 Å². The van der Waals surface area contributed by atoms with Gasteiger partial charge in [-0.3, -0.25) is 4.79 Å². The molecule has 4 fully saturated rings. The van der Waals surface area contributed by atoms with Gasteiger partial charge in [0.15, 0.2) is 0 Å². The average Bonchev–Trinajstić information content (AvgIpc) is 3.10. The first kappa shape index (κ1) is 24.5. The van der Waals surface area contributed by atoms with Crippen molar-refractivity contribution in [3.8, 4) is 0 Å². The van der Waals surface area contributed by atoms with Gasteiger partial charge in [0.05, 0.1) is 6.10 Å². The third-order valence-corrected chi connectivity index (χ3v) is 11.5. The Morgan fingerprint density at radius 3 is 2.41 bits per heavy atom. The van der Waals surface area contributed by atoms with Gasteiger partial charge in [0.2, 0.25) is 0 Å². The maximum absolute atomic E-state index is 11.9. The fourth-order valence-corrected chi connectivity index (χ4v) is 9.98. The molecule has 184 valence electrons. The Morgan fingerprint density at radius 1 is 1.06 bits per heavy atom. The van der Waals surface area contributed by atoms with E-state index in [2.05, 4.69) is 27.7 Å². The quantitative estimate of drug-likeness (QED) is 0.500. The summed E-state index contributed by atoms with van der Waals surface area (Å²) in [6.45, 7) is 10.5. The van der Waals surface area contributed by atoms with E-state index in [1.807, 2.05) is 7.11 Å². The number of rotatable bonds is 7. The van der Waals surface area contributed by atoms with Gasteiger partial charge in [-0.15, -0.1) is 0 Å². The van der Waals surface area contributed by atoms with Crippen LogP contribution in [0, 0.1) is 58.2 Å². The third kappa shape index (κ3) is 3.85. The molecular weight excluding hydrogens is 400 g/mol. The number of methoxy groups -OCH3 is 1. The molecule has 0 bridgehead atoms. The summed E-state index contributed by atoms with van der Waals surface area (Å²) in [4.78, 5) is 11.2. The summed E-state index contributed by atoms with van der Waals surface area (Å²) in [5.41, 5.74) is 0.609. The van der Waals surface area contributed by atoms with Gasteiger partial charge in [0.25, 0.3) is 0 Å². The number of aliphatic hydroxyl groups excluding tert-OH is 1. The maximum atomic E-state index is 11.9. The zero-order chi connectivity index (χ0) is 23.3. The zero-order valence-electron chi connectivity index (χ0n) is 21.2. The molecule has 32 heavy (non-hydrogen) atoms. The molecule has 0 radical (unpaired) electrons. The summed E-state index contributed by atoms with van der Waals surface area (Å²) in [5.74, 6) is 3.72. The van der Waals surface area contributed by atoms with Crippen LogP contribution in [0.3, 0.4) is 0 Å². The number of carbonyl (C=O) groups is 1. The number of aliphatic carboxylic acids is 1. The van der Waals surface area contributed by atoms with Crippen molar-refractivity contribution in [3.05, 3.63) is 0 Å². The molecule has 0 amide bonds. The number of hydrogen-bond acceptors (Lipinski definition) is 3. The van der Waals surface area contributed by atoms with Crippen LogP contribution in [0.25, 0.3) is 0 Å². The molecule has 4 heteroatoms. The molecule has 0 spiro atoms. The molecule has 4 saturated carbocycles. The van der Waals surface area contributed by atoms with Crippen molar-refractivity contribution < 1.29 is 19.7 Å². The lowest BCUT2D eigenvalue weighted by atomic mass is 9.41. The highest BCUT2D eigenvalue weighted by Gasteiger charge is 2.64. The van der Waals surface area contributed by atoms with Crippen LogP contribution in [0.5, 0.6) is 0 Å². The maximum Gasteiger partial charge on any atom is 0.303 e. The molecule has 11 atom stereocenters. The SMILES string of the molecule is CC[C@H]1[C@@H](O)[C@@H]2[C@H](CC[C@]3(C)[C@@H]([C@H](C)CCC(=O)O)CC[C@@H]23)[C@@]2(C)CCC(COC)C[C@@H]12. The van der Waals surface area contributed by atoms with E-state index in [0.29, 0.717) is 52.8 Å². The van der Waals surface area contributed by atoms with E-state index < -0.39 is 5.97 Å². The normalized spacial score (nSPS) is 49.1. The Balaban J connectivity index is 1.59. The van der Waals surface area contributed by atoms with E-state index >= 15 is 0 Å². The Morgan fingerprint density at radius 2 is 1.75 bits per heavy atom. The van der Waals surface area contributed by atoms with Gasteiger partial charge >= 0.3 is 5.97 Å². The van der Waals surface area contributed by atoms with Crippen LogP contribution in [0.2, 0.25) is 0 Å². The van der Waals surface area contributed by atoms with Crippen LogP contribution >= 0.6 is 0 Å². The van der Waals surface area contributed by atoms with Gasteiger partial charge < -0.3 is 14.9 Å². The molecule has 4 aliphatic carbocycles. The smallest absolute Gasteiger partial charge is 0.303 e. The minimum absolute atomic E-state index is 0.179. The van der Waals surface area contributed by atoms with Gasteiger partial charge in [0, 0.05) is 20.1 Å². The van der Waals surface area contributed by atoms with Crippen LogP contribution in [-0.4, -0.2) is 36.0 Å². The van der Waals surface area contributed by atoms with E-state index in [4.69, 9.17) is 4.74 Å². The first-order valence-electron chi connectivity index (χ1n) is 13.6. The summed E-state index contributed by atoms with van der Waals surface area (Å²) in [7, 11) is 1.83. The fraction of sp³-hybridized carbons (Fsp3) is 0.964. The van der Waals surface area contributed by atoms with Crippen molar-refractivity contribution in [2.24, 2.45) is 58.2 Å². The van der Waals surface area contributed by atoms with Crippen molar-refractivity contribution >= 4 is 5.97 Å². The monoisotopic (exact) mass is 448 g/mol. The van der Waals surface area contributed by atoms with Crippen molar-refractivity contribution in [2.75, 3.05) is 13.7 Å². The highest BCUT2D eigenvalue weighted by molar-refractivity contribution is 5.66. The lowest BCUT2D eigenvalue weighted by molar-refractivity contribution is -0.200. The molecule has 0 saturated heterocycles. The molecule has 1 unspecified atom stereocenters. The summed E-state index contributed by atoms with van der Waals surface area (Å²) in [5, 5.41) is 21.1. The van der Waals surface area contributed by atoms with Crippen LogP contribution < -0.4 is 0 Å². The molecule has 4 aliphatic rings. The second kappa shape index (κ2) is 9.21. The zero-order valence-corrected chi connectivity index (χ0v) is 21.2. The summed E-state index contributed by atoms with van der Waals surface area (Å²) < 4.78 is 5.54.